The van der Waals surface area contributed by atoms with Gasteiger partial charge in [-0.1, -0.05) is 26.0 Å². The average molecular weight is 346 g/mol. The Morgan fingerprint density at radius 1 is 1.00 bits per heavy atom. The van der Waals surface area contributed by atoms with E-state index in [1.165, 1.54) is 0 Å². The molecule has 2 rings (SSSR count). The highest BCUT2D eigenvalue weighted by Gasteiger charge is 2.29. The van der Waals surface area contributed by atoms with Crippen LogP contribution in [0.5, 0.6) is 5.75 Å². The zero-order valence-corrected chi connectivity index (χ0v) is 15.5. The Labute approximate surface area is 150 Å². The average Bonchev–Trinajstić information content (AvgIpc) is 2.64. The van der Waals surface area contributed by atoms with Crippen molar-refractivity contribution in [2.45, 2.75) is 46.1 Å². The quantitative estimate of drug-likeness (QED) is 0.798. The molecule has 2 N–H and O–H groups in total. The third kappa shape index (κ3) is 6.07. The third-order valence-corrected chi connectivity index (χ3v) is 4.78. The molecule has 1 aromatic carbocycles. The van der Waals surface area contributed by atoms with Gasteiger partial charge in [-0.25, -0.2) is 0 Å². The van der Waals surface area contributed by atoms with Crippen molar-refractivity contribution in [2.24, 2.45) is 17.8 Å². The van der Waals surface area contributed by atoms with Crippen molar-refractivity contribution in [1.82, 2.24) is 10.6 Å². The number of ether oxygens (including phenoxy) is 1. The number of carbonyl (C=O) groups excluding carboxylic acids is 2. The number of hydrogen-bond donors (Lipinski definition) is 2. The lowest BCUT2D eigenvalue weighted by molar-refractivity contribution is -0.130. The minimum absolute atomic E-state index is 0.0207. The van der Waals surface area contributed by atoms with Gasteiger partial charge in [0.25, 0.3) is 0 Å². The van der Waals surface area contributed by atoms with Crippen molar-refractivity contribution in [3.05, 3.63) is 29.8 Å². The molecule has 1 aromatic rings. The molecular weight excluding hydrogens is 316 g/mol. The summed E-state index contributed by atoms with van der Waals surface area (Å²) in [6.07, 6.45) is 3.16. The van der Waals surface area contributed by atoms with Crippen LogP contribution in [0.2, 0.25) is 0 Å². The molecule has 0 saturated heterocycles. The van der Waals surface area contributed by atoms with E-state index in [1.54, 1.807) is 7.11 Å². The maximum atomic E-state index is 12.3. The summed E-state index contributed by atoms with van der Waals surface area (Å²) in [5.74, 6) is 1.59. The predicted molar refractivity (Wildman–Crippen MR) is 98.1 cm³/mol. The van der Waals surface area contributed by atoms with Crippen LogP contribution >= 0.6 is 0 Å². The molecule has 2 amide bonds. The van der Waals surface area contributed by atoms with Crippen molar-refractivity contribution in [2.75, 3.05) is 13.7 Å². The first-order chi connectivity index (χ1) is 12.0. The highest BCUT2D eigenvalue weighted by molar-refractivity contribution is 5.81. The number of carbonyl (C=O) groups is 2. The molecule has 138 valence electrons. The second kappa shape index (κ2) is 9.44. The molecule has 0 bridgehead atoms. The van der Waals surface area contributed by atoms with Gasteiger partial charge in [-0.3, -0.25) is 9.59 Å². The topological polar surface area (TPSA) is 67.4 Å². The Morgan fingerprint density at radius 2 is 1.52 bits per heavy atom. The first-order valence-corrected chi connectivity index (χ1v) is 9.18. The van der Waals surface area contributed by atoms with E-state index in [0.717, 1.165) is 43.5 Å². The van der Waals surface area contributed by atoms with Gasteiger partial charge < -0.3 is 15.4 Å². The normalized spacial score (nSPS) is 20.2. The molecule has 0 aliphatic heterocycles. The lowest BCUT2D eigenvalue weighted by Gasteiger charge is -2.27. The van der Waals surface area contributed by atoms with Crippen LogP contribution in [0, 0.1) is 17.8 Å². The van der Waals surface area contributed by atoms with Gasteiger partial charge in [-0.05, 0) is 49.3 Å². The minimum atomic E-state index is 0.0207. The van der Waals surface area contributed by atoms with Gasteiger partial charge in [-0.2, -0.15) is 0 Å². The molecule has 1 saturated carbocycles. The van der Waals surface area contributed by atoms with E-state index in [4.69, 9.17) is 4.74 Å². The zero-order chi connectivity index (χ0) is 18.2. The summed E-state index contributed by atoms with van der Waals surface area (Å²) in [4.78, 5) is 24.5. The molecule has 0 atom stereocenters. The number of benzene rings is 1. The molecule has 25 heavy (non-hydrogen) atoms. The molecule has 0 heterocycles. The summed E-state index contributed by atoms with van der Waals surface area (Å²) in [5.41, 5.74) is 1.05. The van der Waals surface area contributed by atoms with E-state index in [1.807, 2.05) is 24.3 Å². The van der Waals surface area contributed by atoms with Crippen LogP contribution in [0.3, 0.4) is 0 Å². The van der Waals surface area contributed by atoms with E-state index < -0.39 is 0 Å². The van der Waals surface area contributed by atoms with Crippen LogP contribution in [-0.4, -0.2) is 25.5 Å². The molecule has 0 aromatic heterocycles. The smallest absolute Gasteiger partial charge is 0.223 e. The Morgan fingerprint density at radius 3 is 2.00 bits per heavy atom. The standard InChI is InChI=1S/C20H30N2O3/c1-14(2)12-21-19(23)16-6-8-17(9-7-16)20(24)22-13-15-4-10-18(25-3)11-5-15/h4-5,10-11,14,16-17H,6-9,12-13H2,1-3H3,(H,21,23)(H,22,24). The second-order valence-electron chi connectivity index (χ2n) is 7.25. The van der Waals surface area contributed by atoms with E-state index in [9.17, 15) is 9.59 Å². The summed E-state index contributed by atoms with van der Waals surface area (Å²) in [6.45, 7) is 5.42. The van der Waals surface area contributed by atoms with Crippen molar-refractivity contribution in [3.63, 3.8) is 0 Å². The summed E-state index contributed by atoms with van der Waals surface area (Å²) in [7, 11) is 1.64. The van der Waals surface area contributed by atoms with Gasteiger partial charge >= 0.3 is 0 Å². The maximum Gasteiger partial charge on any atom is 0.223 e. The van der Waals surface area contributed by atoms with Gasteiger partial charge in [0, 0.05) is 24.9 Å². The molecule has 0 radical (unpaired) electrons. The highest BCUT2D eigenvalue weighted by Crippen LogP contribution is 2.29. The highest BCUT2D eigenvalue weighted by atomic mass is 16.5. The minimum Gasteiger partial charge on any atom is -0.497 e. The van der Waals surface area contributed by atoms with Gasteiger partial charge in [0.1, 0.15) is 5.75 Å². The van der Waals surface area contributed by atoms with E-state index >= 15 is 0 Å². The molecular formula is C20H30N2O3. The number of nitrogens with one attached hydrogen (secondary N) is 2. The molecule has 1 aliphatic carbocycles. The lowest BCUT2D eigenvalue weighted by atomic mass is 9.81. The Balaban J connectivity index is 1.72. The second-order valence-corrected chi connectivity index (χ2v) is 7.25. The Bertz CT molecular complexity index is 561. The van der Waals surface area contributed by atoms with Gasteiger partial charge in [-0.15, -0.1) is 0 Å². The van der Waals surface area contributed by atoms with Crippen LogP contribution in [0.25, 0.3) is 0 Å². The number of rotatable bonds is 7. The first kappa shape index (κ1) is 19.3. The van der Waals surface area contributed by atoms with E-state index in [2.05, 4.69) is 24.5 Å². The number of hydrogen-bond acceptors (Lipinski definition) is 3. The summed E-state index contributed by atoms with van der Waals surface area (Å²) < 4.78 is 5.13. The predicted octanol–water partition coefficient (Wildman–Crippen LogP) is 2.89. The maximum absolute atomic E-state index is 12.3. The lowest BCUT2D eigenvalue weighted by Crippen LogP contribution is -2.38. The largest absolute Gasteiger partial charge is 0.497 e. The Hall–Kier alpha value is -2.04. The molecule has 5 nitrogen and oxygen atoms in total. The monoisotopic (exact) mass is 346 g/mol. The van der Waals surface area contributed by atoms with Gasteiger partial charge in [0.2, 0.25) is 11.8 Å². The summed E-state index contributed by atoms with van der Waals surface area (Å²) >= 11 is 0. The van der Waals surface area contributed by atoms with Crippen molar-refractivity contribution in [3.8, 4) is 5.75 Å². The van der Waals surface area contributed by atoms with Crippen molar-refractivity contribution < 1.29 is 14.3 Å². The molecule has 5 heteroatoms. The molecule has 1 fully saturated rings. The molecule has 0 unspecified atom stereocenters. The van der Waals surface area contributed by atoms with Crippen LogP contribution in [0.4, 0.5) is 0 Å². The van der Waals surface area contributed by atoms with Crippen LogP contribution in [0.1, 0.15) is 45.1 Å². The third-order valence-electron chi connectivity index (χ3n) is 4.78. The summed E-state index contributed by atoms with van der Waals surface area (Å²) in [5, 5.41) is 6.01. The molecule has 0 spiro atoms. The van der Waals surface area contributed by atoms with Crippen molar-refractivity contribution in [1.29, 1.82) is 0 Å². The van der Waals surface area contributed by atoms with Gasteiger partial charge in [0.15, 0.2) is 0 Å². The molecule has 1 aliphatic rings. The number of methoxy groups -OCH3 is 1. The fourth-order valence-electron chi connectivity index (χ4n) is 3.14. The number of amides is 2. The van der Waals surface area contributed by atoms with Crippen LogP contribution < -0.4 is 15.4 Å². The van der Waals surface area contributed by atoms with Crippen molar-refractivity contribution >= 4 is 11.8 Å². The zero-order valence-electron chi connectivity index (χ0n) is 15.5. The summed E-state index contributed by atoms with van der Waals surface area (Å²) in [6, 6.07) is 7.69. The Kier molecular flexibility index (Phi) is 7.29. The first-order valence-electron chi connectivity index (χ1n) is 9.18. The SMILES string of the molecule is COc1ccc(CNC(=O)C2CCC(C(=O)NCC(C)C)CC2)cc1. The van der Waals surface area contributed by atoms with Crippen LogP contribution in [0.15, 0.2) is 24.3 Å². The van der Waals surface area contributed by atoms with E-state index in [0.29, 0.717) is 12.5 Å². The fraction of sp³-hybridized carbons (Fsp3) is 0.600. The fourth-order valence-corrected chi connectivity index (χ4v) is 3.14. The van der Waals surface area contributed by atoms with Crippen LogP contribution in [-0.2, 0) is 16.1 Å². The van der Waals surface area contributed by atoms with Gasteiger partial charge in [0.05, 0.1) is 7.11 Å². The van der Waals surface area contributed by atoms with E-state index in [-0.39, 0.29) is 23.7 Å².